The highest BCUT2D eigenvalue weighted by molar-refractivity contribution is 9.12. The molecule has 6 nitrogen and oxygen atoms in total. The highest BCUT2D eigenvalue weighted by atomic mass is 79.9. The molecule has 3 rings (SSSR count). The molecule has 2 amide bonds. The predicted molar refractivity (Wildman–Crippen MR) is 105 cm³/mol. The Morgan fingerprint density at radius 3 is 2.11 bits per heavy atom. The van der Waals surface area contributed by atoms with Gasteiger partial charge in [0.1, 0.15) is 11.9 Å². The number of esters is 1. The van der Waals surface area contributed by atoms with Gasteiger partial charge in [0, 0.05) is 15.2 Å². The predicted octanol–water partition coefficient (Wildman–Crippen LogP) is 2.86. The highest BCUT2D eigenvalue weighted by Gasteiger charge is 2.54. The number of hydrogen-bond acceptors (Lipinski definition) is 5. The van der Waals surface area contributed by atoms with Crippen LogP contribution in [0.1, 0.15) is 30.1 Å². The molecular formula is C19H18Br2FNO5. The molecular weight excluding hydrogens is 501 g/mol. The summed E-state index contributed by atoms with van der Waals surface area (Å²) >= 11 is 7.02. The number of imide groups is 1. The SMILES string of the molecule is C[C@H](C(=O)OCC(=O)c1ccc(F)cc1)N1C(=O)[C@@H]2C[C@@H](Br)[C@@H](Br)C[C@H]2C1=O. The number of amides is 2. The van der Waals surface area contributed by atoms with Crippen molar-refractivity contribution in [1.82, 2.24) is 4.90 Å². The summed E-state index contributed by atoms with van der Waals surface area (Å²) < 4.78 is 17.9. The third kappa shape index (κ3) is 4.05. The first kappa shape index (κ1) is 21.1. The molecule has 1 saturated heterocycles. The Balaban J connectivity index is 1.63. The number of alkyl halides is 2. The molecule has 1 heterocycles. The summed E-state index contributed by atoms with van der Waals surface area (Å²) in [7, 11) is 0. The van der Waals surface area contributed by atoms with Crippen LogP contribution < -0.4 is 0 Å². The lowest BCUT2D eigenvalue weighted by Crippen LogP contribution is -2.44. The van der Waals surface area contributed by atoms with E-state index in [0.29, 0.717) is 12.8 Å². The van der Waals surface area contributed by atoms with E-state index in [1.807, 2.05) is 0 Å². The Hall–Kier alpha value is -1.61. The van der Waals surface area contributed by atoms with Crippen LogP contribution in [0.25, 0.3) is 0 Å². The number of halogens is 3. The van der Waals surface area contributed by atoms with Crippen molar-refractivity contribution in [1.29, 1.82) is 0 Å². The van der Waals surface area contributed by atoms with Gasteiger partial charge in [-0.15, -0.1) is 0 Å². The van der Waals surface area contributed by atoms with Crippen molar-refractivity contribution in [2.75, 3.05) is 6.61 Å². The maximum absolute atomic E-state index is 12.9. The summed E-state index contributed by atoms with van der Waals surface area (Å²) in [5.41, 5.74) is 0.202. The third-order valence-electron chi connectivity index (χ3n) is 5.19. The molecule has 150 valence electrons. The van der Waals surface area contributed by atoms with Crippen molar-refractivity contribution in [2.24, 2.45) is 11.8 Å². The average molecular weight is 519 g/mol. The van der Waals surface area contributed by atoms with Crippen LogP contribution in [0.5, 0.6) is 0 Å². The third-order valence-corrected chi connectivity index (χ3v) is 7.92. The van der Waals surface area contributed by atoms with Gasteiger partial charge in [0.2, 0.25) is 11.8 Å². The molecule has 0 radical (unpaired) electrons. The highest BCUT2D eigenvalue weighted by Crippen LogP contribution is 2.43. The van der Waals surface area contributed by atoms with E-state index < -0.39 is 42.1 Å². The molecule has 5 atom stereocenters. The molecule has 1 saturated carbocycles. The van der Waals surface area contributed by atoms with E-state index >= 15 is 0 Å². The van der Waals surface area contributed by atoms with Gasteiger partial charge in [0.15, 0.2) is 12.4 Å². The molecule has 0 bridgehead atoms. The topological polar surface area (TPSA) is 80.8 Å². The molecule has 2 fully saturated rings. The minimum atomic E-state index is -1.12. The minimum Gasteiger partial charge on any atom is -0.456 e. The van der Waals surface area contributed by atoms with Crippen LogP contribution in [0.3, 0.4) is 0 Å². The van der Waals surface area contributed by atoms with Gasteiger partial charge in [0.05, 0.1) is 11.8 Å². The zero-order valence-corrected chi connectivity index (χ0v) is 18.1. The molecule has 1 aromatic carbocycles. The fourth-order valence-corrected chi connectivity index (χ4v) is 4.82. The van der Waals surface area contributed by atoms with Crippen LogP contribution in [-0.4, -0.2) is 50.8 Å². The van der Waals surface area contributed by atoms with Crippen LogP contribution in [0, 0.1) is 17.7 Å². The number of benzene rings is 1. The second-order valence-corrected chi connectivity index (χ2v) is 9.33. The Kier molecular flexibility index (Phi) is 6.34. The maximum atomic E-state index is 12.9. The van der Waals surface area contributed by atoms with Crippen molar-refractivity contribution in [2.45, 2.75) is 35.5 Å². The van der Waals surface area contributed by atoms with Crippen LogP contribution in [0.4, 0.5) is 4.39 Å². The summed E-state index contributed by atoms with van der Waals surface area (Å²) in [6, 6.07) is 3.74. The molecule has 1 aliphatic heterocycles. The van der Waals surface area contributed by atoms with Gasteiger partial charge < -0.3 is 4.74 Å². The van der Waals surface area contributed by atoms with Crippen LogP contribution in [-0.2, 0) is 19.1 Å². The van der Waals surface area contributed by atoms with Crippen LogP contribution in [0.2, 0.25) is 0 Å². The standard InChI is InChI=1S/C19H18Br2FNO5/c1-9(19(27)28-8-16(24)10-2-4-11(22)5-3-10)23-17(25)12-6-14(20)15(21)7-13(12)18(23)26/h2-5,9,12-15H,6-8H2,1H3/t9-,12-,13-,14-,15+/m1/s1. The molecule has 0 spiro atoms. The second-order valence-electron chi connectivity index (χ2n) is 6.98. The minimum absolute atomic E-state index is 0.0704. The van der Waals surface area contributed by atoms with Crippen molar-refractivity contribution in [3.05, 3.63) is 35.6 Å². The number of carbonyl (C=O) groups is 4. The van der Waals surface area contributed by atoms with E-state index in [1.54, 1.807) is 0 Å². The lowest BCUT2D eigenvalue weighted by molar-refractivity contribution is -0.157. The second kappa shape index (κ2) is 8.41. The first-order chi connectivity index (χ1) is 13.2. The monoisotopic (exact) mass is 517 g/mol. The average Bonchev–Trinajstić information content (AvgIpc) is 2.90. The molecule has 0 aromatic heterocycles. The zero-order valence-electron chi connectivity index (χ0n) is 14.9. The van der Waals surface area contributed by atoms with Gasteiger partial charge in [0.25, 0.3) is 0 Å². The summed E-state index contributed by atoms with van der Waals surface area (Å²) in [5.74, 6) is -3.49. The molecule has 28 heavy (non-hydrogen) atoms. The fraction of sp³-hybridized carbons (Fsp3) is 0.474. The zero-order chi connectivity index (χ0) is 20.6. The molecule has 0 unspecified atom stereocenters. The number of ketones is 1. The van der Waals surface area contributed by atoms with Gasteiger partial charge in [-0.05, 0) is 44.0 Å². The fourth-order valence-electron chi connectivity index (χ4n) is 3.58. The van der Waals surface area contributed by atoms with Crippen LogP contribution in [0.15, 0.2) is 24.3 Å². The van der Waals surface area contributed by atoms with E-state index in [1.165, 1.54) is 19.1 Å². The van der Waals surface area contributed by atoms with Crippen molar-refractivity contribution in [3.63, 3.8) is 0 Å². The van der Waals surface area contributed by atoms with E-state index in [9.17, 15) is 23.6 Å². The molecule has 1 aromatic rings. The first-order valence-electron chi connectivity index (χ1n) is 8.81. The Labute approximate surface area is 178 Å². The number of likely N-dealkylation sites (tertiary alicyclic amines) is 1. The van der Waals surface area contributed by atoms with Crippen molar-refractivity contribution < 1.29 is 28.3 Å². The number of rotatable bonds is 5. The maximum Gasteiger partial charge on any atom is 0.329 e. The number of carbonyl (C=O) groups excluding carboxylic acids is 4. The number of nitrogens with zero attached hydrogens (tertiary/aromatic N) is 1. The molecule has 2 aliphatic rings. The van der Waals surface area contributed by atoms with Gasteiger partial charge in [-0.2, -0.15) is 0 Å². The number of hydrogen-bond donors (Lipinski definition) is 0. The van der Waals surface area contributed by atoms with E-state index in [4.69, 9.17) is 4.74 Å². The summed E-state index contributed by atoms with van der Waals surface area (Å²) in [6.45, 7) is 0.861. The normalized spacial score (nSPS) is 28.1. The first-order valence-corrected chi connectivity index (χ1v) is 10.6. The Morgan fingerprint density at radius 2 is 1.61 bits per heavy atom. The smallest absolute Gasteiger partial charge is 0.329 e. The Morgan fingerprint density at radius 1 is 1.11 bits per heavy atom. The number of Topliss-reactive ketones (excluding diaryl/α,β-unsaturated/α-hetero) is 1. The lowest BCUT2D eigenvalue weighted by atomic mass is 9.81. The number of ether oxygens (including phenoxy) is 1. The summed E-state index contributed by atoms with van der Waals surface area (Å²) in [5, 5.41) is 0. The Bertz CT molecular complexity index is 787. The van der Waals surface area contributed by atoms with Gasteiger partial charge in [-0.3, -0.25) is 19.3 Å². The van der Waals surface area contributed by atoms with Crippen LogP contribution >= 0.6 is 31.9 Å². The molecule has 1 aliphatic carbocycles. The van der Waals surface area contributed by atoms with Crippen molar-refractivity contribution in [3.8, 4) is 0 Å². The lowest BCUT2D eigenvalue weighted by Gasteiger charge is -2.29. The van der Waals surface area contributed by atoms with E-state index in [2.05, 4.69) is 31.9 Å². The number of fused-ring (bicyclic) bond motifs is 1. The molecule has 0 N–H and O–H groups in total. The van der Waals surface area contributed by atoms with E-state index in [-0.39, 0.29) is 27.0 Å². The van der Waals surface area contributed by atoms with Gasteiger partial charge in [-0.1, -0.05) is 31.9 Å². The van der Waals surface area contributed by atoms with Gasteiger partial charge >= 0.3 is 5.97 Å². The van der Waals surface area contributed by atoms with Gasteiger partial charge in [-0.25, -0.2) is 9.18 Å². The van der Waals surface area contributed by atoms with Crippen molar-refractivity contribution >= 4 is 55.4 Å². The summed E-state index contributed by atoms with van der Waals surface area (Å²) in [4.78, 5) is 50.9. The quantitative estimate of drug-likeness (QED) is 0.259. The molecule has 9 heteroatoms. The largest absolute Gasteiger partial charge is 0.456 e. The van der Waals surface area contributed by atoms with E-state index in [0.717, 1.165) is 17.0 Å². The summed E-state index contributed by atoms with van der Waals surface area (Å²) in [6.07, 6.45) is 1.01.